The number of para-hydroxylation sites is 1. The summed E-state index contributed by atoms with van der Waals surface area (Å²) in [7, 11) is 1.80. The number of carbonyl (C=O) groups excluding carboxylic acids is 1. The van der Waals surface area contributed by atoms with Crippen molar-refractivity contribution in [2.75, 3.05) is 5.32 Å². The maximum absolute atomic E-state index is 12.0. The van der Waals surface area contributed by atoms with Crippen molar-refractivity contribution >= 4 is 22.5 Å². The van der Waals surface area contributed by atoms with Gasteiger partial charge in [-0.1, -0.05) is 18.2 Å². The molecule has 0 radical (unpaired) electrons. The SMILES string of the molecule is Cn1cc(NC(=O)c2cc3ccccc3[nH]2)cn1. The van der Waals surface area contributed by atoms with Gasteiger partial charge in [0.05, 0.1) is 11.9 Å². The summed E-state index contributed by atoms with van der Waals surface area (Å²) in [4.78, 5) is 15.1. The Morgan fingerprint density at radius 3 is 2.94 bits per heavy atom. The van der Waals surface area contributed by atoms with Gasteiger partial charge in [0.15, 0.2) is 0 Å². The van der Waals surface area contributed by atoms with Crippen LogP contribution in [0, 0.1) is 0 Å². The first-order valence-electron chi connectivity index (χ1n) is 5.60. The summed E-state index contributed by atoms with van der Waals surface area (Å²) in [5, 5.41) is 7.81. The van der Waals surface area contributed by atoms with Gasteiger partial charge in [-0.3, -0.25) is 9.48 Å². The van der Waals surface area contributed by atoms with Crippen molar-refractivity contribution in [1.82, 2.24) is 14.8 Å². The van der Waals surface area contributed by atoms with E-state index in [1.165, 1.54) is 0 Å². The molecule has 1 aromatic carbocycles. The van der Waals surface area contributed by atoms with Crippen molar-refractivity contribution in [1.29, 1.82) is 0 Å². The van der Waals surface area contributed by atoms with E-state index >= 15 is 0 Å². The number of carbonyl (C=O) groups is 1. The Bertz CT molecular complexity index is 677. The van der Waals surface area contributed by atoms with E-state index in [-0.39, 0.29) is 5.91 Å². The molecule has 1 amide bonds. The standard InChI is InChI=1S/C13H12N4O/c1-17-8-10(7-14-17)15-13(18)12-6-9-4-2-3-5-11(9)16-12/h2-8,16H,1H3,(H,15,18). The van der Waals surface area contributed by atoms with Crippen molar-refractivity contribution in [3.8, 4) is 0 Å². The number of amides is 1. The molecule has 0 unspecified atom stereocenters. The summed E-state index contributed by atoms with van der Waals surface area (Å²) in [5.74, 6) is -0.167. The molecule has 2 aromatic heterocycles. The fourth-order valence-electron chi connectivity index (χ4n) is 1.88. The van der Waals surface area contributed by atoms with E-state index in [1.54, 1.807) is 24.1 Å². The topological polar surface area (TPSA) is 62.7 Å². The highest BCUT2D eigenvalue weighted by Crippen LogP contribution is 2.15. The maximum Gasteiger partial charge on any atom is 0.272 e. The van der Waals surface area contributed by atoms with Gasteiger partial charge in [0.1, 0.15) is 5.69 Å². The van der Waals surface area contributed by atoms with Gasteiger partial charge in [-0.25, -0.2) is 0 Å². The Hall–Kier alpha value is -2.56. The van der Waals surface area contributed by atoms with Crippen molar-refractivity contribution in [3.05, 3.63) is 48.4 Å². The van der Waals surface area contributed by atoms with Crippen molar-refractivity contribution < 1.29 is 4.79 Å². The van der Waals surface area contributed by atoms with Gasteiger partial charge in [0.25, 0.3) is 5.91 Å². The van der Waals surface area contributed by atoms with Crippen LogP contribution < -0.4 is 5.32 Å². The first-order chi connectivity index (χ1) is 8.72. The Labute approximate surface area is 103 Å². The minimum absolute atomic E-state index is 0.167. The number of aromatic amines is 1. The molecule has 0 atom stereocenters. The van der Waals surface area contributed by atoms with Crippen molar-refractivity contribution in [2.45, 2.75) is 0 Å². The second-order valence-corrected chi connectivity index (χ2v) is 4.13. The molecule has 0 bridgehead atoms. The number of H-pyrrole nitrogens is 1. The number of hydrogen-bond donors (Lipinski definition) is 2. The highest BCUT2D eigenvalue weighted by molar-refractivity contribution is 6.05. The average molecular weight is 240 g/mol. The van der Waals surface area contributed by atoms with Crippen LogP contribution >= 0.6 is 0 Å². The molecule has 0 saturated heterocycles. The van der Waals surface area contributed by atoms with E-state index in [0.717, 1.165) is 10.9 Å². The lowest BCUT2D eigenvalue weighted by atomic mass is 10.2. The van der Waals surface area contributed by atoms with Crippen LogP contribution in [0.4, 0.5) is 5.69 Å². The first-order valence-corrected chi connectivity index (χ1v) is 5.60. The predicted molar refractivity (Wildman–Crippen MR) is 69.5 cm³/mol. The van der Waals surface area contributed by atoms with Crippen LogP contribution in [0.15, 0.2) is 42.7 Å². The van der Waals surface area contributed by atoms with Crippen molar-refractivity contribution in [2.24, 2.45) is 7.05 Å². The van der Waals surface area contributed by atoms with Gasteiger partial charge in [-0.2, -0.15) is 5.10 Å². The fraction of sp³-hybridized carbons (Fsp3) is 0.0769. The molecule has 0 aliphatic carbocycles. The quantitative estimate of drug-likeness (QED) is 0.721. The van der Waals surface area contributed by atoms with Gasteiger partial charge in [0.2, 0.25) is 0 Å². The number of benzene rings is 1. The molecular weight excluding hydrogens is 228 g/mol. The number of nitrogens with zero attached hydrogens (tertiary/aromatic N) is 2. The number of hydrogen-bond acceptors (Lipinski definition) is 2. The zero-order chi connectivity index (χ0) is 12.5. The Morgan fingerprint density at radius 2 is 2.22 bits per heavy atom. The van der Waals surface area contributed by atoms with Gasteiger partial charge in [-0.05, 0) is 12.1 Å². The molecule has 3 rings (SSSR count). The monoisotopic (exact) mass is 240 g/mol. The molecule has 0 spiro atoms. The summed E-state index contributed by atoms with van der Waals surface area (Å²) in [5.41, 5.74) is 2.18. The summed E-state index contributed by atoms with van der Waals surface area (Å²) in [6.07, 6.45) is 3.36. The minimum Gasteiger partial charge on any atom is -0.351 e. The van der Waals surface area contributed by atoms with Gasteiger partial charge < -0.3 is 10.3 Å². The highest BCUT2D eigenvalue weighted by atomic mass is 16.1. The van der Waals surface area contributed by atoms with Crippen LogP contribution in [0.2, 0.25) is 0 Å². The molecule has 0 aliphatic heterocycles. The molecule has 2 N–H and O–H groups in total. The van der Waals surface area contributed by atoms with E-state index in [4.69, 9.17) is 0 Å². The molecule has 90 valence electrons. The van der Waals surface area contributed by atoms with E-state index in [2.05, 4.69) is 15.4 Å². The third-order valence-electron chi connectivity index (χ3n) is 2.74. The van der Waals surface area contributed by atoms with Crippen LogP contribution in [-0.2, 0) is 7.05 Å². The maximum atomic E-state index is 12.0. The van der Waals surface area contributed by atoms with E-state index in [0.29, 0.717) is 11.4 Å². The minimum atomic E-state index is -0.167. The molecular formula is C13H12N4O. The first kappa shape index (κ1) is 10.6. The van der Waals surface area contributed by atoms with Gasteiger partial charge in [0, 0.05) is 24.1 Å². The Morgan fingerprint density at radius 1 is 1.39 bits per heavy atom. The second kappa shape index (κ2) is 4.03. The number of anilines is 1. The number of nitrogens with one attached hydrogen (secondary N) is 2. The molecule has 5 nitrogen and oxygen atoms in total. The number of aromatic nitrogens is 3. The normalized spacial score (nSPS) is 10.7. The lowest BCUT2D eigenvalue weighted by Crippen LogP contribution is -2.11. The zero-order valence-electron chi connectivity index (χ0n) is 9.84. The van der Waals surface area contributed by atoms with Crippen LogP contribution in [0.5, 0.6) is 0 Å². The van der Waals surface area contributed by atoms with E-state index in [1.807, 2.05) is 30.3 Å². The molecule has 0 fully saturated rings. The van der Waals surface area contributed by atoms with Gasteiger partial charge >= 0.3 is 0 Å². The van der Waals surface area contributed by atoms with E-state index < -0.39 is 0 Å². The van der Waals surface area contributed by atoms with Crippen LogP contribution in [-0.4, -0.2) is 20.7 Å². The summed E-state index contributed by atoms with van der Waals surface area (Å²) in [6, 6.07) is 9.62. The summed E-state index contributed by atoms with van der Waals surface area (Å²) in [6.45, 7) is 0. The molecule has 0 saturated carbocycles. The third kappa shape index (κ3) is 1.86. The number of fused-ring (bicyclic) bond motifs is 1. The van der Waals surface area contributed by atoms with E-state index in [9.17, 15) is 4.79 Å². The lowest BCUT2D eigenvalue weighted by Gasteiger charge is -1.98. The lowest BCUT2D eigenvalue weighted by molar-refractivity contribution is 0.102. The largest absolute Gasteiger partial charge is 0.351 e. The Balaban J connectivity index is 1.87. The molecule has 18 heavy (non-hydrogen) atoms. The number of aryl methyl sites for hydroxylation is 1. The molecule has 2 heterocycles. The van der Waals surface area contributed by atoms with Crippen LogP contribution in [0.25, 0.3) is 10.9 Å². The second-order valence-electron chi connectivity index (χ2n) is 4.13. The third-order valence-corrected chi connectivity index (χ3v) is 2.74. The fourth-order valence-corrected chi connectivity index (χ4v) is 1.88. The average Bonchev–Trinajstić information content (AvgIpc) is 2.95. The van der Waals surface area contributed by atoms with Crippen molar-refractivity contribution in [3.63, 3.8) is 0 Å². The summed E-state index contributed by atoms with van der Waals surface area (Å²) >= 11 is 0. The smallest absolute Gasteiger partial charge is 0.272 e. The Kier molecular flexibility index (Phi) is 2.37. The van der Waals surface area contributed by atoms with Gasteiger partial charge in [-0.15, -0.1) is 0 Å². The molecule has 3 aromatic rings. The molecule has 0 aliphatic rings. The zero-order valence-corrected chi connectivity index (χ0v) is 9.84. The van der Waals surface area contributed by atoms with Crippen LogP contribution in [0.1, 0.15) is 10.5 Å². The summed E-state index contributed by atoms with van der Waals surface area (Å²) < 4.78 is 1.64. The highest BCUT2D eigenvalue weighted by Gasteiger charge is 2.10. The number of rotatable bonds is 2. The predicted octanol–water partition coefficient (Wildman–Crippen LogP) is 2.15. The van der Waals surface area contributed by atoms with Crippen LogP contribution in [0.3, 0.4) is 0 Å². The molecule has 5 heteroatoms.